The molecule has 0 saturated carbocycles. The second-order valence-electron chi connectivity index (χ2n) is 2.61. The van der Waals surface area contributed by atoms with E-state index in [9.17, 15) is 4.79 Å². The zero-order valence-electron chi connectivity index (χ0n) is 6.59. The summed E-state index contributed by atoms with van der Waals surface area (Å²) >= 11 is 1.53. The minimum absolute atomic E-state index is 0.273. The fourth-order valence-corrected chi connectivity index (χ4v) is 1.31. The molecule has 0 aromatic rings. The average Bonchev–Trinajstić information content (AvgIpc) is 1.88. The summed E-state index contributed by atoms with van der Waals surface area (Å²) in [5, 5.41) is 0. The van der Waals surface area contributed by atoms with E-state index in [1.54, 1.807) is 6.92 Å². The minimum atomic E-state index is 0.273. The SMILES string of the molecule is CC(=O)C(C)CCC[CH]=[W]. The van der Waals surface area contributed by atoms with Gasteiger partial charge in [0.05, 0.1) is 0 Å². The molecule has 1 nitrogen and oxygen atoms in total. The third kappa shape index (κ3) is 5.05. The van der Waals surface area contributed by atoms with Crippen LogP contribution in [0.1, 0.15) is 33.1 Å². The molecule has 0 fully saturated rings. The fraction of sp³-hybridized carbons (Fsp3) is 0.750. The van der Waals surface area contributed by atoms with Crippen LogP contribution in [0.25, 0.3) is 0 Å². The van der Waals surface area contributed by atoms with Crippen LogP contribution in [0.2, 0.25) is 0 Å². The van der Waals surface area contributed by atoms with Crippen LogP contribution in [-0.4, -0.2) is 10.2 Å². The molecule has 0 aromatic carbocycles. The van der Waals surface area contributed by atoms with Gasteiger partial charge in [-0.25, -0.2) is 0 Å². The number of hydrogen-bond acceptors (Lipinski definition) is 1. The summed E-state index contributed by atoms with van der Waals surface area (Å²) in [4.78, 5) is 10.7. The van der Waals surface area contributed by atoms with E-state index < -0.39 is 0 Å². The van der Waals surface area contributed by atoms with E-state index in [1.165, 1.54) is 32.2 Å². The second-order valence-corrected chi connectivity index (χ2v) is 3.81. The third-order valence-corrected chi connectivity index (χ3v) is 2.50. The molecule has 58 valence electrons. The summed E-state index contributed by atoms with van der Waals surface area (Å²) in [6.07, 6.45) is 3.40. The van der Waals surface area contributed by atoms with Crippen molar-refractivity contribution in [3.8, 4) is 0 Å². The summed E-state index contributed by atoms with van der Waals surface area (Å²) in [6.45, 7) is 3.68. The van der Waals surface area contributed by atoms with Crippen molar-refractivity contribution < 1.29 is 24.1 Å². The van der Waals surface area contributed by atoms with Crippen molar-refractivity contribution in [1.29, 1.82) is 0 Å². The van der Waals surface area contributed by atoms with Gasteiger partial charge in [-0.3, -0.25) is 0 Å². The molecule has 0 spiro atoms. The normalized spacial score (nSPS) is 12.6. The maximum atomic E-state index is 10.7. The fourth-order valence-electron chi connectivity index (χ4n) is 0.711. The van der Waals surface area contributed by atoms with Crippen molar-refractivity contribution in [1.82, 2.24) is 0 Å². The first-order valence-electron chi connectivity index (χ1n) is 3.62. The molecule has 0 rings (SSSR count). The molecule has 0 saturated heterocycles. The van der Waals surface area contributed by atoms with E-state index in [0.29, 0.717) is 5.78 Å². The Morgan fingerprint density at radius 3 is 2.70 bits per heavy atom. The van der Waals surface area contributed by atoms with Gasteiger partial charge < -0.3 is 0 Å². The van der Waals surface area contributed by atoms with Crippen LogP contribution in [0, 0.1) is 5.92 Å². The number of rotatable bonds is 5. The zero-order chi connectivity index (χ0) is 7.98. The van der Waals surface area contributed by atoms with Crippen molar-refractivity contribution in [3.63, 3.8) is 0 Å². The molecule has 10 heavy (non-hydrogen) atoms. The van der Waals surface area contributed by atoms with Gasteiger partial charge in [0.25, 0.3) is 0 Å². The van der Waals surface area contributed by atoms with Gasteiger partial charge in [0.2, 0.25) is 0 Å². The number of hydrogen-bond donors (Lipinski definition) is 0. The Morgan fingerprint density at radius 1 is 1.70 bits per heavy atom. The van der Waals surface area contributed by atoms with E-state index >= 15 is 0 Å². The van der Waals surface area contributed by atoms with Crippen molar-refractivity contribution >= 4 is 10.2 Å². The van der Waals surface area contributed by atoms with Crippen LogP contribution in [0.5, 0.6) is 0 Å². The van der Waals surface area contributed by atoms with Gasteiger partial charge in [-0.15, -0.1) is 0 Å². The number of carbonyl (C=O) groups is 1. The van der Waals surface area contributed by atoms with Gasteiger partial charge in [-0.2, -0.15) is 0 Å². The predicted octanol–water partition coefficient (Wildman–Crippen LogP) is 1.73. The second kappa shape index (κ2) is 5.97. The average molecular weight is 310 g/mol. The molecular weight excluding hydrogens is 296 g/mol. The first-order chi connectivity index (χ1) is 4.68. The van der Waals surface area contributed by atoms with E-state index in [-0.39, 0.29) is 5.92 Å². The van der Waals surface area contributed by atoms with Gasteiger partial charge in [-0.05, 0) is 0 Å². The van der Waals surface area contributed by atoms with E-state index in [1.807, 2.05) is 6.92 Å². The molecule has 0 N–H and O–H groups in total. The molecular formula is C8H14OW. The molecule has 0 aliphatic heterocycles. The Bertz CT molecular complexity index is 120. The Balaban J connectivity index is 3.30. The van der Waals surface area contributed by atoms with Gasteiger partial charge in [0.15, 0.2) is 0 Å². The monoisotopic (exact) mass is 310 g/mol. The van der Waals surface area contributed by atoms with Gasteiger partial charge in [0.1, 0.15) is 0 Å². The Hall–Kier alpha value is 0.228. The summed E-state index contributed by atoms with van der Waals surface area (Å²) < 4.78 is 2.23. The van der Waals surface area contributed by atoms with Gasteiger partial charge >= 0.3 is 73.4 Å². The first-order valence-corrected chi connectivity index (χ1v) is 5.32. The number of carbonyl (C=O) groups excluding carboxylic acids is 1. The van der Waals surface area contributed by atoms with Gasteiger partial charge in [0, 0.05) is 0 Å². The summed E-state index contributed by atoms with van der Waals surface area (Å²) in [5.74, 6) is 0.596. The summed E-state index contributed by atoms with van der Waals surface area (Å²) in [5.41, 5.74) is 0. The van der Waals surface area contributed by atoms with Crippen LogP contribution in [0.4, 0.5) is 0 Å². The molecule has 0 heterocycles. The molecule has 0 radical (unpaired) electrons. The molecule has 0 bridgehead atoms. The van der Waals surface area contributed by atoms with E-state index in [4.69, 9.17) is 0 Å². The quantitative estimate of drug-likeness (QED) is 0.707. The summed E-state index contributed by atoms with van der Waals surface area (Å²) in [6, 6.07) is 0. The molecule has 0 aromatic heterocycles. The standard InChI is InChI=1S/C8H14O.W/c1-4-5-6-7(2)8(3)9;/h1,7H,4-6H2,2-3H3;. The third-order valence-electron chi connectivity index (χ3n) is 1.65. The van der Waals surface area contributed by atoms with Crippen molar-refractivity contribution in [3.05, 3.63) is 0 Å². The van der Waals surface area contributed by atoms with Crippen LogP contribution in [0.3, 0.4) is 0 Å². The first kappa shape index (κ1) is 10.2. The molecule has 0 aliphatic carbocycles. The van der Waals surface area contributed by atoms with Crippen LogP contribution in [-0.2, 0) is 24.1 Å². The Morgan fingerprint density at radius 2 is 2.30 bits per heavy atom. The van der Waals surface area contributed by atoms with E-state index in [2.05, 4.69) is 4.40 Å². The van der Waals surface area contributed by atoms with Crippen molar-refractivity contribution in [2.24, 2.45) is 5.92 Å². The predicted molar refractivity (Wildman–Crippen MR) is 39.8 cm³/mol. The molecule has 1 atom stereocenters. The zero-order valence-corrected chi connectivity index (χ0v) is 9.53. The Labute approximate surface area is 73.6 Å². The number of ketones is 1. The molecule has 0 aliphatic rings. The molecule has 2 heteroatoms. The molecule has 1 unspecified atom stereocenters. The Kier molecular flexibility index (Phi) is 6.11. The van der Waals surface area contributed by atoms with E-state index in [0.717, 1.165) is 6.42 Å². The maximum absolute atomic E-state index is 10.7. The van der Waals surface area contributed by atoms with Crippen LogP contribution in [0.15, 0.2) is 0 Å². The van der Waals surface area contributed by atoms with Crippen molar-refractivity contribution in [2.75, 3.05) is 0 Å². The van der Waals surface area contributed by atoms with Crippen molar-refractivity contribution in [2.45, 2.75) is 33.1 Å². The number of unbranched alkanes of at least 4 members (excludes halogenated alkanes) is 1. The number of Topliss-reactive ketones (excluding diaryl/α,β-unsaturated/α-hetero) is 1. The summed E-state index contributed by atoms with van der Waals surface area (Å²) in [7, 11) is 0. The van der Waals surface area contributed by atoms with Crippen LogP contribution < -0.4 is 0 Å². The molecule has 0 amide bonds. The topological polar surface area (TPSA) is 17.1 Å². The van der Waals surface area contributed by atoms with Crippen LogP contribution >= 0.6 is 0 Å². The van der Waals surface area contributed by atoms with Gasteiger partial charge in [-0.1, -0.05) is 0 Å².